The average Bonchev–Trinajstić information content (AvgIpc) is 2.54. The zero-order valence-electron chi connectivity index (χ0n) is 13.5. The predicted octanol–water partition coefficient (Wildman–Crippen LogP) is 2.49. The summed E-state index contributed by atoms with van der Waals surface area (Å²) in [6.07, 6.45) is 7.45. The second-order valence-corrected chi connectivity index (χ2v) is 6.50. The number of anilines is 1. The molecule has 116 valence electrons. The highest BCUT2D eigenvalue weighted by molar-refractivity contribution is 5.38. The van der Waals surface area contributed by atoms with Gasteiger partial charge < -0.3 is 10.2 Å². The van der Waals surface area contributed by atoms with Crippen LogP contribution in [0.15, 0.2) is 0 Å². The standard InChI is InChI=1S/C17H28N4/c1-3-18-12-14-7-8-16-15(11-14)13(2)19-17(20-16)21-9-5-4-6-10-21/h14,18H,3-12H2,1-2H3. The third-order valence-corrected chi connectivity index (χ3v) is 4.89. The van der Waals surface area contributed by atoms with Crippen molar-refractivity contribution in [2.75, 3.05) is 31.1 Å². The molecule has 1 atom stereocenters. The fourth-order valence-corrected chi connectivity index (χ4v) is 3.60. The molecule has 21 heavy (non-hydrogen) atoms. The molecule has 1 N–H and O–H groups in total. The maximum atomic E-state index is 4.91. The van der Waals surface area contributed by atoms with E-state index in [1.165, 1.54) is 42.6 Å². The summed E-state index contributed by atoms with van der Waals surface area (Å²) in [5, 5.41) is 3.48. The van der Waals surface area contributed by atoms with Crippen molar-refractivity contribution in [3.05, 3.63) is 17.0 Å². The van der Waals surface area contributed by atoms with Crippen LogP contribution < -0.4 is 10.2 Å². The fourth-order valence-electron chi connectivity index (χ4n) is 3.60. The Morgan fingerprint density at radius 2 is 2.00 bits per heavy atom. The molecule has 0 radical (unpaired) electrons. The van der Waals surface area contributed by atoms with Crippen LogP contribution in [0.4, 0.5) is 5.95 Å². The lowest BCUT2D eigenvalue weighted by Gasteiger charge is -2.30. The van der Waals surface area contributed by atoms with Crippen molar-refractivity contribution in [3.8, 4) is 0 Å². The van der Waals surface area contributed by atoms with Gasteiger partial charge in [-0.25, -0.2) is 9.97 Å². The van der Waals surface area contributed by atoms with Gasteiger partial charge in [0.1, 0.15) is 0 Å². The van der Waals surface area contributed by atoms with Crippen molar-refractivity contribution in [1.82, 2.24) is 15.3 Å². The first-order valence-corrected chi connectivity index (χ1v) is 8.60. The summed E-state index contributed by atoms with van der Waals surface area (Å²) in [5.74, 6) is 1.73. The first kappa shape index (κ1) is 14.8. The minimum absolute atomic E-state index is 0.751. The highest BCUT2D eigenvalue weighted by Crippen LogP contribution is 2.28. The van der Waals surface area contributed by atoms with Crippen molar-refractivity contribution in [1.29, 1.82) is 0 Å². The van der Waals surface area contributed by atoms with Gasteiger partial charge in [-0.3, -0.25) is 0 Å². The van der Waals surface area contributed by atoms with E-state index < -0.39 is 0 Å². The summed E-state index contributed by atoms with van der Waals surface area (Å²) in [5.41, 5.74) is 3.95. The fraction of sp³-hybridized carbons (Fsp3) is 0.765. The van der Waals surface area contributed by atoms with Crippen molar-refractivity contribution in [3.63, 3.8) is 0 Å². The van der Waals surface area contributed by atoms with E-state index in [0.717, 1.165) is 50.9 Å². The molecule has 0 amide bonds. The molecule has 1 unspecified atom stereocenters. The van der Waals surface area contributed by atoms with Crippen LogP contribution in [-0.2, 0) is 12.8 Å². The van der Waals surface area contributed by atoms with Crippen LogP contribution in [0, 0.1) is 12.8 Å². The third kappa shape index (κ3) is 3.37. The van der Waals surface area contributed by atoms with Crippen molar-refractivity contribution in [2.24, 2.45) is 5.92 Å². The number of hydrogen-bond acceptors (Lipinski definition) is 4. The van der Waals surface area contributed by atoms with E-state index in [-0.39, 0.29) is 0 Å². The minimum Gasteiger partial charge on any atom is -0.341 e. The van der Waals surface area contributed by atoms with E-state index in [2.05, 4.69) is 24.1 Å². The Labute approximate surface area is 128 Å². The minimum atomic E-state index is 0.751. The molecule has 1 aliphatic carbocycles. The van der Waals surface area contributed by atoms with Gasteiger partial charge in [-0.15, -0.1) is 0 Å². The van der Waals surface area contributed by atoms with Crippen LogP contribution in [0.3, 0.4) is 0 Å². The Bertz CT molecular complexity index is 480. The Morgan fingerprint density at radius 1 is 1.19 bits per heavy atom. The molecule has 0 saturated carbocycles. The predicted molar refractivity (Wildman–Crippen MR) is 86.9 cm³/mol. The largest absolute Gasteiger partial charge is 0.341 e. The lowest BCUT2D eigenvalue weighted by molar-refractivity contribution is 0.422. The average molecular weight is 288 g/mol. The van der Waals surface area contributed by atoms with Gasteiger partial charge >= 0.3 is 0 Å². The van der Waals surface area contributed by atoms with Gasteiger partial charge in [-0.05, 0) is 70.0 Å². The summed E-state index contributed by atoms with van der Waals surface area (Å²) in [6, 6.07) is 0. The molecule has 3 rings (SSSR count). The molecule has 1 aromatic heterocycles. The van der Waals surface area contributed by atoms with E-state index >= 15 is 0 Å². The smallest absolute Gasteiger partial charge is 0.225 e. The Balaban J connectivity index is 1.76. The summed E-state index contributed by atoms with van der Waals surface area (Å²) in [4.78, 5) is 12.1. The second-order valence-electron chi connectivity index (χ2n) is 6.50. The van der Waals surface area contributed by atoms with E-state index in [0.29, 0.717) is 0 Å². The monoisotopic (exact) mass is 288 g/mol. The highest BCUT2D eigenvalue weighted by atomic mass is 15.3. The van der Waals surface area contributed by atoms with E-state index in [1.807, 2.05) is 0 Å². The number of piperidine rings is 1. The maximum Gasteiger partial charge on any atom is 0.225 e. The zero-order chi connectivity index (χ0) is 14.7. The molecule has 0 aromatic carbocycles. The van der Waals surface area contributed by atoms with Crippen LogP contribution >= 0.6 is 0 Å². The quantitative estimate of drug-likeness (QED) is 0.924. The maximum absolute atomic E-state index is 4.91. The molecule has 2 heterocycles. The zero-order valence-corrected chi connectivity index (χ0v) is 13.5. The summed E-state index contributed by atoms with van der Waals surface area (Å²) in [6.45, 7) is 8.79. The summed E-state index contributed by atoms with van der Waals surface area (Å²) >= 11 is 0. The van der Waals surface area contributed by atoms with Crippen LogP contribution in [0.25, 0.3) is 0 Å². The van der Waals surface area contributed by atoms with Crippen LogP contribution in [0.2, 0.25) is 0 Å². The lowest BCUT2D eigenvalue weighted by Crippen LogP contribution is -2.33. The van der Waals surface area contributed by atoms with Gasteiger partial charge in [0.25, 0.3) is 0 Å². The van der Waals surface area contributed by atoms with Gasteiger partial charge in [-0.2, -0.15) is 0 Å². The summed E-state index contributed by atoms with van der Waals surface area (Å²) in [7, 11) is 0. The normalized spacial score (nSPS) is 22.2. The molecule has 1 saturated heterocycles. The number of hydrogen-bond donors (Lipinski definition) is 1. The molecule has 4 heteroatoms. The molecule has 0 bridgehead atoms. The number of fused-ring (bicyclic) bond motifs is 1. The Morgan fingerprint density at radius 3 is 2.76 bits per heavy atom. The van der Waals surface area contributed by atoms with Crippen molar-refractivity contribution in [2.45, 2.75) is 52.4 Å². The molecule has 2 aliphatic rings. The Kier molecular flexibility index (Phi) is 4.73. The van der Waals surface area contributed by atoms with Gasteiger partial charge in [0.05, 0.1) is 0 Å². The van der Waals surface area contributed by atoms with Gasteiger partial charge in [0.15, 0.2) is 0 Å². The van der Waals surface area contributed by atoms with E-state index in [4.69, 9.17) is 9.97 Å². The van der Waals surface area contributed by atoms with Gasteiger partial charge in [-0.1, -0.05) is 6.92 Å². The molecule has 1 aromatic rings. The number of aryl methyl sites for hydroxylation is 2. The van der Waals surface area contributed by atoms with Gasteiger partial charge in [0.2, 0.25) is 5.95 Å². The third-order valence-electron chi connectivity index (χ3n) is 4.89. The molecule has 1 aliphatic heterocycles. The molecule has 4 nitrogen and oxygen atoms in total. The number of nitrogens with one attached hydrogen (secondary N) is 1. The first-order chi connectivity index (χ1) is 10.3. The number of nitrogens with zero attached hydrogens (tertiary/aromatic N) is 3. The molecular weight excluding hydrogens is 260 g/mol. The van der Waals surface area contributed by atoms with Crippen LogP contribution in [0.1, 0.15) is 49.6 Å². The topological polar surface area (TPSA) is 41.1 Å². The van der Waals surface area contributed by atoms with E-state index in [1.54, 1.807) is 0 Å². The van der Waals surface area contributed by atoms with Crippen LogP contribution in [0.5, 0.6) is 0 Å². The first-order valence-electron chi connectivity index (χ1n) is 8.60. The molecular formula is C17H28N4. The van der Waals surface area contributed by atoms with Crippen molar-refractivity contribution < 1.29 is 0 Å². The van der Waals surface area contributed by atoms with Gasteiger partial charge in [0, 0.05) is 24.5 Å². The lowest BCUT2D eigenvalue weighted by atomic mass is 9.86. The number of rotatable bonds is 4. The van der Waals surface area contributed by atoms with E-state index in [9.17, 15) is 0 Å². The summed E-state index contributed by atoms with van der Waals surface area (Å²) < 4.78 is 0. The van der Waals surface area contributed by atoms with Crippen molar-refractivity contribution >= 4 is 5.95 Å². The molecule has 1 fully saturated rings. The second kappa shape index (κ2) is 6.73. The number of aromatic nitrogens is 2. The Hall–Kier alpha value is -1.16. The van der Waals surface area contributed by atoms with Crippen LogP contribution in [-0.4, -0.2) is 36.1 Å². The SMILES string of the molecule is CCNCC1CCc2nc(N3CCCCC3)nc(C)c2C1. The highest BCUT2D eigenvalue weighted by Gasteiger charge is 2.24. The molecule has 0 spiro atoms.